The molecule has 0 saturated heterocycles. The van der Waals surface area contributed by atoms with Gasteiger partial charge in [-0.25, -0.2) is 0 Å². The lowest BCUT2D eigenvalue weighted by Crippen LogP contribution is -2.01. The SMILES string of the molecule is O=[N+]([O-])c1ncn(Cc2nnc(-c3sc4ccccc4c3Cl)o2)n1. The summed E-state index contributed by atoms with van der Waals surface area (Å²) in [6, 6.07) is 7.71. The summed E-state index contributed by atoms with van der Waals surface area (Å²) in [5.74, 6) is 0.0615. The van der Waals surface area contributed by atoms with Crippen LogP contribution in [0.4, 0.5) is 5.95 Å². The first-order chi connectivity index (χ1) is 11.6. The number of fused-ring (bicyclic) bond motifs is 1. The molecule has 24 heavy (non-hydrogen) atoms. The Balaban J connectivity index is 1.63. The molecule has 0 unspecified atom stereocenters. The van der Waals surface area contributed by atoms with Crippen LogP contribution in [0, 0.1) is 10.1 Å². The molecule has 0 spiro atoms. The Labute approximate surface area is 142 Å². The number of thiophene rings is 1. The quantitative estimate of drug-likeness (QED) is 0.404. The predicted octanol–water partition coefficient (Wildman–Crippen LogP) is 3.15. The van der Waals surface area contributed by atoms with Crippen molar-refractivity contribution >= 4 is 39.0 Å². The van der Waals surface area contributed by atoms with Crippen LogP contribution >= 0.6 is 22.9 Å². The summed E-state index contributed by atoms with van der Waals surface area (Å²) in [5.41, 5.74) is 0. The molecule has 120 valence electrons. The molecule has 0 N–H and O–H groups in total. The van der Waals surface area contributed by atoms with Gasteiger partial charge in [0.1, 0.15) is 11.4 Å². The van der Waals surface area contributed by atoms with Crippen LogP contribution in [-0.4, -0.2) is 29.9 Å². The molecular weight excluding hydrogens is 356 g/mol. The fraction of sp³-hybridized carbons (Fsp3) is 0.0769. The first kappa shape index (κ1) is 14.7. The van der Waals surface area contributed by atoms with E-state index < -0.39 is 10.9 Å². The zero-order chi connectivity index (χ0) is 16.7. The second-order valence-electron chi connectivity index (χ2n) is 4.74. The second-order valence-corrected chi connectivity index (χ2v) is 6.17. The van der Waals surface area contributed by atoms with Gasteiger partial charge in [-0.2, -0.15) is 4.68 Å². The molecule has 0 atom stereocenters. The molecule has 0 saturated carbocycles. The maximum Gasteiger partial charge on any atom is 0.490 e. The first-order valence-corrected chi connectivity index (χ1v) is 7.85. The van der Waals surface area contributed by atoms with E-state index in [4.69, 9.17) is 16.0 Å². The fourth-order valence-electron chi connectivity index (χ4n) is 2.14. The Bertz CT molecular complexity index is 1060. The number of nitrogens with zero attached hydrogens (tertiary/aromatic N) is 6. The lowest BCUT2D eigenvalue weighted by Gasteiger charge is -1.91. The van der Waals surface area contributed by atoms with Crippen LogP contribution in [0.5, 0.6) is 0 Å². The normalized spacial score (nSPS) is 11.2. The average molecular weight is 363 g/mol. The Kier molecular flexibility index (Phi) is 3.47. The lowest BCUT2D eigenvalue weighted by atomic mass is 10.2. The van der Waals surface area contributed by atoms with Crippen molar-refractivity contribution in [2.45, 2.75) is 6.54 Å². The molecule has 3 heterocycles. The Hall–Kier alpha value is -2.85. The van der Waals surface area contributed by atoms with E-state index >= 15 is 0 Å². The topological polar surface area (TPSA) is 113 Å². The van der Waals surface area contributed by atoms with Crippen LogP contribution in [0.3, 0.4) is 0 Å². The van der Waals surface area contributed by atoms with Crippen LogP contribution in [0.25, 0.3) is 20.9 Å². The van der Waals surface area contributed by atoms with Gasteiger partial charge in [0.25, 0.3) is 5.89 Å². The molecule has 11 heteroatoms. The van der Waals surface area contributed by atoms with E-state index in [1.165, 1.54) is 22.3 Å². The molecule has 0 fully saturated rings. The molecule has 4 aromatic rings. The number of benzene rings is 1. The van der Waals surface area contributed by atoms with E-state index in [0.717, 1.165) is 10.1 Å². The number of nitro groups is 1. The summed E-state index contributed by atoms with van der Waals surface area (Å²) in [5, 5.41) is 23.7. The minimum absolute atomic E-state index is 0.0797. The van der Waals surface area contributed by atoms with Crippen LogP contribution in [0.15, 0.2) is 35.0 Å². The average Bonchev–Trinajstić information content (AvgIpc) is 3.28. The van der Waals surface area contributed by atoms with Gasteiger partial charge in [-0.15, -0.1) is 21.5 Å². The van der Waals surface area contributed by atoms with Gasteiger partial charge in [-0.05, 0) is 11.0 Å². The second kappa shape index (κ2) is 5.65. The monoisotopic (exact) mass is 362 g/mol. The molecule has 0 bridgehead atoms. The largest absolute Gasteiger partial charge is 0.490 e. The van der Waals surface area contributed by atoms with E-state index in [1.54, 1.807) is 0 Å². The summed E-state index contributed by atoms with van der Waals surface area (Å²) in [6.07, 6.45) is 1.23. The fourth-order valence-corrected chi connectivity index (χ4v) is 3.58. The number of aromatic nitrogens is 5. The van der Waals surface area contributed by atoms with Gasteiger partial charge in [0, 0.05) is 15.2 Å². The van der Waals surface area contributed by atoms with Gasteiger partial charge in [0.2, 0.25) is 12.2 Å². The summed E-state index contributed by atoms with van der Waals surface area (Å²) < 4.78 is 7.87. The number of hydrogen-bond acceptors (Lipinski definition) is 8. The first-order valence-electron chi connectivity index (χ1n) is 6.65. The van der Waals surface area contributed by atoms with E-state index in [9.17, 15) is 10.1 Å². The summed E-state index contributed by atoms with van der Waals surface area (Å²) >= 11 is 7.83. The highest BCUT2D eigenvalue weighted by Crippen LogP contribution is 2.41. The zero-order valence-electron chi connectivity index (χ0n) is 11.8. The van der Waals surface area contributed by atoms with E-state index in [1.807, 2.05) is 24.3 Å². The third-order valence-corrected chi connectivity index (χ3v) is 4.84. The number of rotatable bonds is 4. The minimum Gasteiger partial charge on any atom is -0.418 e. The van der Waals surface area contributed by atoms with Crippen molar-refractivity contribution in [2.24, 2.45) is 0 Å². The molecule has 0 aliphatic rings. The van der Waals surface area contributed by atoms with Gasteiger partial charge < -0.3 is 14.5 Å². The zero-order valence-corrected chi connectivity index (χ0v) is 13.4. The van der Waals surface area contributed by atoms with Gasteiger partial charge in [0.15, 0.2) is 0 Å². The molecular formula is C13H7ClN6O3S. The summed E-state index contributed by atoms with van der Waals surface area (Å²) in [7, 11) is 0. The summed E-state index contributed by atoms with van der Waals surface area (Å²) in [4.78, 5) is 14.2. The van der Waals surface area contributed by atoms with Crippen molar-refractivity contribution in [1.82, 2.24) is 25.0 Å². The third-order valence-electron chi connectivity index (χ3n) is 3.18. The highest BCUT2D eigenvalue weighted by Gasteiger charge is 2.19. The van der Waals surface area contributed by atoms with Gasteiger partial charge in [-0.3, -0.25) is 0 Å². The molecule has 0 aliphatic carbocycles. The highest BCUT2D eigenvalue weighted by molar-refractivity contribution is 7.23. The van der Waals surface area contributed by atoms with Crippen LogP contribution < -0.4 is 0 Å². The smallest absolute Gasteiger partial charge is 0.418 e. The van der Waals surface area contributed by atoms with E-state index in [2.05, 4.69) is 20.3 Å². The van der Waals surface area contributed by atoms with Crippen molar-refractivity contribution in [1.29, 1.82) is 0 Å². The van der Waals surface area contributed by atoms with Crippen LogP contribution in [0.1, 0.15) is 5.89 Å². The Morgan fingerprint density at radius 1 is 1.33 bits per heavy atom. The van der Waals surface area contributed by atoms with Crippen LogP contribution in [-0.2, 0) is 6.54 Å². The lowest BCUT2D eigenvalue weighted by molar-refractivity contribution is -0.394. The van der Waals surface area contributed by atoms with Crippen molar-refractivity contribution in [3.05, 3.63) is 51.6 Å². The minimum atomic E-state index is -0.674. The molecule has 0 amide bonds. The summed E-state index contributed by atoms with van der Waals surface area (Å²) in [6.45, 7) is 0.0797. The Morgan fingerprint density at radius 3 is 2.92 bits per heavy atom. The highest BCUT2D eigenvalue weighted by atomic mass is 35.5. The van der Waals surface area contributed by atoms with Crippen molar-refractivity contribution in [3.63, 3.8) is 0 Å². The van der Waals surface area contributed by atoms with Crippen molar-refractivity contribution < 1.29 is 9.34 Å². The van der Waals surface area contributed by atoms with E-state index in [-0.39, 0.29) is 12.4 Å². The molecule has 1 aromatic carbocycles. The number of hydrogen-bond donors (Lipinski definition) is 0. The molecule has 0 aliphatic heterocycles. The van der Waals surface area contributed by atoms with E-state index in [0.29, 0.717) is 15.8 Å². The Morgan fingerprint density at radius 2 is 2.17 bits per heavy atom. The molecule has 9 nitrogen and oxygen atoms in total. The van der Waals surface area contributed by atoms with Gasteiger partial charge in [-0.1, -0.05) is 34.8 Å². The molecule has 3 aromatic heterocycles. The third kappa shape index (κ3) is 2.51. The van der Waals surface area contributed by atoms with Gasteiger partial charge in [0.05, 0.1) is 5.02 Å². The molecule has 0 radical (unpaired) electrons. The van der Waals surface area contributed by atoms with Crippen molar-refractivity contribution in [3.8, 4) is 10.8 Å². The van der Waals surface area contributed by atoms with Crippen LogP contribution in [0.2, 0.25) is 5.02 Å². The maximum atomic E-state index is 10.6. The molecule has 4 rings (SSSR count). The maximum absolute atomic E-state index is 10.6. The van der Waals surface area contributed by atoms with Gasteiger partial charge >= 0.3 is 5.95 Å². The number of halogens is 1. The predicted molar refractivity (Wildman–Crippen MR) is 85.9 cm³/mol. The standard InChI is InChI=1S/C13H7ClN6O3S/c14-10-7-3-1-2-4-8(7)24-11(10)12-17-16-9(23-12)5-19-6-15-13(18-19)20(21)22/h1-4,6H,5H2. The van der Waals surface area contributed by atoms with Crippen molar-refractivity contribution in [2.75, 3.05) is 0 Å².